The highest BCUT2D eigenvalue weighted by Gasteiger charge is 2.12. The summed E-state index contributed by atoms with van der Waals surface area (Å²) in [5.74, 6) is 0.442. The van der Waals surface area contributed by atoms with E-state index in [2.05, 4.69) is 72.9 Å². The van der Waals surface area contributed by atoms with Gasteiger partial charge in [0.15, 0.2) is 0 Å². The summed E-state index contributed by atoms with van der Waals surface area (Å²) in [6.07, 6.45) is 0. The molecule has 0 spiro atoms. The number of likely N-dealkylation sites (N-methyl/N-ethyl adjacent to an activating group) is 1. The lowest BCUT2D eigenvalue weighted by atomic mass is 9.91. The van der Waals surface area contributed by atoms with Gasteiger partial charge in [0.25, 0.3) is 0 Å². The van der Waals surface area contributed by atoms with Gasteiger partial charge in [0.2, 0.25) is 0 Å². The summed E-state index contributed by atoms with van der Waals surface area (Å²) in [6, 6.07) is 21.4. The third-order valence-corrected chi connectivity index (χ3v) is 3.00. The first-order chi connectivity index (χ1) is 10.4. The van der Waals surface area contributed by atoms with Gasteiger partial charge in [0, 0.05) is 12.5 Å². The van der Waals surface area contributed by atoms with Crippen LogP contribution in [-0.2, 0) is 4.57 Å². The molecule has 2 aromatic rings. The first-order valence-electron chi connectivity index (χ1n) is 7.00. The topological polar surface area (TPSA) is 89.8 Å². The van der Waals surface area contributed by atoms with E-state index >= 15 is 0 Å². The van der Waals surface area contributed by atoms with Gasteiger partial charge in [0.05, 0.1) is 0 Å². The summed E-state index contributed by atoms with van der Waals surface area (Å²) in [6.45, 7) is 4.15. The Morgan fingerprint density at radius 3 is 1.59 bits per heavy atom. The number of benzene rings is 2. The molecule has 5 nitrogen and oxygen atoms in total. The van der Waals surface area contributed by atoms with Crippen LogP contribution in [0.4, 0.5) is 0 Å². The zero-order chi connectivity index (χ0) is 16.4. The van der Waals surface area contributed by atoms with Gasteiger partial charge >= 0.3 is 7.82 Å². The molecule has 0 unspecified atom stereocenters. The minimum absolute atomic E-state index is 0.442. The zero-order valence-electron chi connectivity index (χ0n) is 12.5. The summed E-state index contributed by atoms with van der Waals surface area (Å²) in [5.41, 5.74) is 2.75. The number of rotatable bonds is 5. The molecule has 0 aliphatic heterocycles. The maximum absolute atomic E-state index is 8.88. The second-order valence-corrected chi connectivity index (χ2v) is 5.72. The smallest absolute Gasteiger partial charge is 0.316 e. The predicted molar refractivity (Wildman–Crippen MR) is 87.5 cm³/mol. The van der Waals surface area contributed by atoms with Crippen molar-refractivity contribution in [2.45, 2.75) is 12.8 Å². The number of nitrogens with one attached hydrogen (secondary N) is 1. The summed E-state index contributed by atoms with van der Waals surface area (Å²) >= 11 is 0. The first kappa shape index (κ1) is 18.6. The van der Waals surface area contributed by atoms with E-state index in [1.165, 1.54) is 11.1 Å². The Kier molecular flexibility index (Phi) is 8.02. The van der Waals surface area contributed by atoms with Gasteiger partial charge in [0.1, 0.15) is 0 Å². The van der Waals surface area contributed by atoms with Crippen LogP contribution in [0.15, 0.2) is 60.7 Å². The molecule has 0 aliphatic rings. The van der Waals surface area contributed by atoms with Gasteiger partial charge in [-0.15, -0.1) is 0 Å². The van der Waals surface area contributed by atoms with Crippen LogP contribution in [0.3, 0.4) is 0 Å². The third kappa shape index (κ3) is 8.08. The molecule has 4 N–H and O–H groups in total. The minimum Gasteiger partial charge on any atom is -0.316 e. The van der Waals surface area contributed by atoms with Crippen molar-refractivity contribution in [3.8, 4) is 0 Å². The van der Waals surface area contributed by atoms with Crippen molar-refractivity contribution in [3.63, 3.8) is 0 Å². The number of hydrogen-bond donors (Lipinski definition) is 4. The highest BCUT2D eigenvalue weighted by Crippen LogP contribution is 2.26. The van der Waals surface area contributed by atoms with Gasteiger partial charge in [-0.2, -0.15) is 0 Å². The fourth-order valence-corrected chi connectivity index (χ4v) is 2.09. The van der Waals surface area contributed by atoms with E-state index in [-0.39, 0.29) is 0 Å². The zero-order valence-corrected chi connectivity index (χ0v) is 13.4. The second-order valence-electron chi connectivity index (χ2n) is 4.69. The van der Waals surface area contributed by atoms with Gasteiger partial charge in [-0.25, -0.2) is 4.57 Å². The van der Waals surface area contributed by atoms with Crippen molar-refractivity contribution in [1.29, 1.82) is 0 Å². The van der Waals surface area contributed by atoms with Gasteiger partial charge in [-0.1, -0.05) is 67.6 Å². The maximum atomic E-state index is 8.88. The van der Waals surface area contributed by atoms with E-state index in [4.69, 9.17) is 19.2 Å². The molecule has 0 aromatic heterocycles. The summed E-state index contributed by atoms with van der Waals surface area (Å²) in [5, 5.41) is 3.45. The Hall–Kier alpha value is -1.49. The van der Waals surface area contributed by atoms with Crippen molar-refractivity contribution in [1.82, 2.24) is 5.32 Å². The molecule has 0 amide bonds. The van der Waals surface area contributed by atoms with Crippen LogP contribution in [0.2, 0.25) is 0 Å². The molecule has 120 valence electrons. The SMILES string of the molecule is CCNCC(c1ccccc1)c1ccccc1.O=P(O)(O)O. The fourth-order valence-electron chi connectivity index (χ4n) is 2.09. The minimum atomic E-state index is -4.64. The molecule has 0 radical (unpaired) electrons. The van der Waals surface area contributed by atoms with Crippen LogP contribution in [0.25, 0.3) is 0 Å². The average Bonchev–Trinajstić information content (AvgIpc) is 2.48. The molecule has 0 saturated heterocycles. The molecular formula is C16H22NO4P. The predicted octanol–water partition coefficient (Wildman–Crippen LogP) is 2.50. The van der Waals surface area contributed by atoms with E-state index in [1.54, 1.807) is 0 Å². The Morgan fingerprint density at radius 1 is 0.909 bits per heavy atom. The summed E-state index contributed by atoms with van der Waals surface area (Å²) in [4.78, 5) is 21.6. The van der Waals surface area contributed by atoms with E-state index < -0.39 is 7.82 Å². The van der Waals surface area contributed by atoms with E-state index in [9.17, 15) is 0 Å². The lowest BCUT2D eigenvalue weighted by Gasteiger charge is -2.18. The number of hydrogen-bond acceptors (Lipinski definition) is 2. The molecule has 22 heavy (non-hydrogen) atoms. The van der Waals surface area contributed by atoms with Crippen LogP contribution in [0.1, 0.15) is 24.0 Å². The van der Waals surface area contributed by atoms with Gasteiger partial charge < -0.3 is 20.0 Å². The summed E-state index contributed by atoms with van der Waals surface area (Å²) < 4.78 is 8.88. The quantitative estimate of drug-likeness (QED) is 0.635. The van der Waals surface area contributed by atoms with Crippen molar-refractivity contribution in [3.05, 3.63) is 71.8 Å². The molecule has 0 atom stereocenters. The molecule has 0 bridgehead atoms. The highest BCUT2D eigenvalue weighted by molar-refractivity contribution is 7.45. The first-order valence-corrected chi connectivity index (χ1v) is 8.57. The standard InChI is InChI=1S/C16H19N.H3O4P/c1-2-17-13-16(14-9-5-3-6-10-14)15-11-7-4-8-12-15;1-5(2,3)4/h3-12,16-17H,2,13H2,1H3;(H3,1,2,3,4). The Balaban J connectivity index is 0.000000422. The Bertz CT molecular complexity index is 523. The lowest BCUT2D eigenvalue weighted by Crippen LogP contribution is -2.21. The van der Waals surface area contributed by atoms with E-state index in [0.29, 0.717) is 5.92 Å². The molecule has 2 rings (SSSR count). The normalized spacial score (nSPS) is 11.0. The monoisotopic (exact) mass is 323 g/mol. The van der Waals surface area contributed by atoms with Crippen molar-refractivity contribution in [2.75, 3.05) is 13.1 Å². The van der Waals surface area contributed by atoms with Gasteiger partial charge in [-0.3, -0.25) is 0 Å². The maximum Gasteiger partial charge on any atom is 0.466 e. The van der Waals surface area contributed by atoms with Crippen molar-refractivity contribution < 1.29 is 19.2 Å². The van der Waals surface area contributed by atoms with Crippen LogP contribution in [-0.4, -0.2) is 27.8 Å². The van der Waals surface area contributed by atoms with Crippen LogP contribution < -0.4 is 5.32 Å². The lowest BCUT2D eigenvalue weighted by molar-refractivity contribution is 0.275. The van der Waals surface area contributed by atoms with Gasteiger partial charge in [-0.05, 0) is 17.7 Å². The molecule has 0 heterocycles. The molecule has 0 aliphatic carbocycles. The molecule has 6 heteroatoms. The third-order valence-electron chi connectivity index (χ3n) is 3.00. The second kappa shape index (κ2) is 9.51. The summed E-state index contributed by atoms with van der Waals surface area (Å²) in [7, 11) is -4.64. The largest absolute Gasteiger partial charge is 0.466 e. The molecule has 0 fully saturated rings. The van der Waals surface area contributed by atoms with Crippen LogP contribution in [0.5, 0.6) is 0 Å². The van der Waals surface area contributed by atoms with Crippen LogP contribution >= 0.6 is 7.82 Å². The molecule has 0 saturated carbocycles. The van der Waals surface area contributed by atoms with Crippen molar-refractivity contribution in [2.24, 2.45) is 0 Å². The molecular weight excluding hydrogens is 301 g/mol. The fraction of sp³-hybridized carbons (Fsp3) is 0.250. The Labute approximate surface area is 130 Å². The van der Waals surface area contributed by atoms with Crippen LogP contribution in [0, 0.1) is 0 Å². The van der Waals surface area contributed by atoms with E-state index in [0.717, 1.165) is 13.1 Å². The Morgan fingerprint density at radius 2 is 1.27 bits per heavy atom. The average molecular weight is 323 g/mol. The number of phosphoric acid groups is 1. The molecule has 2 aromatic carbocycles. The van der Waals surface area contributed by atoms with E-state index in [1.807, 2.05) is 0 Å². The van der Waals surface area contributed by atoms with Crippen molar-refractivity contribution >= 4 is 7.82 Å². The highest BCUT2D eigenvalue weighted by atomic mass is 31.2.